The molecule has 0 bridgehead atoms. The second-order valence-corrected chi connectivity index (χ2v) is 3.49. The molecule has 0 aliphatic carbocycles. The van der Waals surface area contributed by atoms with E-state index in [0.717, 1.165) is 6.42 Å². The first-order chi connectivity index (χ1) is 4.83. The van der Waals surface area contributed by atoms with Crippen molar-refractivity contribution in [3.63, 3.8) is 0 Å². The van der Waals surface area contributed by atoms with Crippen molar-refractivity contribution in [2.45, 2.75) is 26.2 Å². The van der Waals surface area contributed by atoms with Crippen molar-refractivity contribution in [1.29, 1.82) is 0 Å². The highest BCUT2D eigenvalue weighted by Crippen LogP contribution is 2.23. The van der Waals surface area contributed by atoms with Crippen molar-refractivity contribution in [3.8, 4) is 5.06 Å². The molecule has 1 nitrogen and oxygen atoms in total. The Balaban J connectivity index is 2.42. The van der Waals surface area contributed by atoms with E-state index >= 15 is 0 Å². The van der Waals surface area contributed by atoms with Crippen LogP contribution in [0.5, 0.6) is 5.06 Å². The molecule has 10 heavy (non-hydrogen) atoms. The van der Waals surface area contributed by atoms with E-state index in [0.29, 0.717) is 5.06 Å². The summed E-state index contributed by atoms with van der Waals surface area (Å²) in [7, 11) is 0. The van der Waals surface area contributed by atoms with Crippen LogP contribution in [-0.2, 0) is 6.42 Å². The molecule has 0 amide bonds. The minimum absolute atomic E-state index is 0.436. The summed E-state index contributed by atoms with van der Waals surface area (Å²) in [4.78, 5) is 1.29. The molecule has 1 aromatic heterocycles. The van der Waals surface area contributed by atoms with Crippen LogP contribution in [0.15, 0.2) is 12.1 Å². The first-order valence-electron chi connectivity index (χ1n) is 3.60. The normalized spacial score (nSPS) is 10.1. The summed E-state index contributed by atoms with van der Waals surface area (Å²) < 4.78 is 0. The average molecular weight is 156 g/mol. The number of aromatic hydroxyl groups is 1. The summed E-state index contributed by atoms with van der Waals surface area (Å²) in [6.07, 6.45) is 3.56. The summed E-state index contributed by atoms with van der Waals surface area (Å²) in [6, 6.07) is 3.76. The Morgan fingerprint density at radius 1 is 1.50 bits per heavy atom. The lowest BCUT2D eigenvalue weighted by Crippen LogP contribution is -1.75. The van der Waals surface area contributed by atoms with Crippen LogP contribution in [0, 0.1) is 0 Å². The van der Waals surface area contributed by atoms with Crippen LogP contribution >= 0.6 is 11.3 Å². The van der Waals surface area contributed by atoms with Crippen LogP contribution in [-0.4, -0.2) is 5.11 Å². The topological polar surface area (TPSA) is 20.2 Å². The molecule has 0 spiro atoms. The maximum absolute atomic E-state index is 8.97. The molecule has 0 radical (unpaired) electrons. The average Bonchev–Trinajstić information content (AvgIpc) is 2.31. The Morgan fingerprint density at radius 3 is 2.80 bits per heavy atom. The van der Waals surface area contributed by atoms with Crippen molar-refractivity contribution >= 4 is 11.3 Å². The number of aryl methyl sites for hydroxylation is 1. The van der Waals surface area contributed by atoms with E-state index in [9.17, 15) is 0 Å². The third-order valence-electron chi connectivity index (χ3n) is 1.42. The van der Waals surface area contributed by atoms with Gasteiger partial charge in [-0.25, -0.2) is 0 Å². The van der Waals surface area contributed by atoms with Crippen LogP contribution in [0.4, 0.5) is 0 Å². The largest absolute Gasteiger partial charge is 0.499 e. The van der Waals surface area contributed by atoms with Gasteiger partial charge in [-0.2, -0.15) is 0 Å². The lowest BCUT2D eigenvalue weighted by atomic mass is 10.2. The summed E-state index contributed by atoms with van der Waals surface area (Å²) in [6.45, 7) is 2.17. The van der Waals surface area contributed by atoms with Gasteiger partial charge in [-0.05, 0) is 25.0 Å². The molecular weight excluding hydrogens is 144 g/mol. The van der Waals surface area contributed by atoms with E-state index in [1.807, 2.05) is 6.07 Å². The molecule has 0 fully saturated rings. The molecule has 56 valence electrons. The van der Waals surface area contributed by atoms with E-state index < -0.39 is 0 Å². The Bertz CT molecular complexity index is 193. The smallest absolute Gasteiger partial charge is 0.171 e. The summed E-state index contributed by atoms with van der Waals surface area (Å²) in [5.74, 6) is 0. The SMILES string of the molecule is CCCCc1ccc(O)s1. The van der Waals surface area contributed by atoms with Gasteiger partial charge in [0.25, 0.3) is 0 Å². The van der Waals surface area contributed by atoms with Crippen LogP contribution in [0.2, 0.25) is 0 Å². The number of unbranched alkanes of at least 4 members (excludes halogenated alkanes) is 1. The highest BCUT2D eigenvalue weighted by atomic mass is 32.1. The maximum atomic E-state index is 8.97. The molecular formula is C8H12OS. The van der Waals surface area contributed by atoms with Crippen LogP contribution < -0.4 is 0 Å². The van der Waals surface area contributed by atoms with Crippen molar-refractivity contribution in [1.82, 2.24) is 0 Å². The number of thiophene rings is 1. The molecule has 0 unspecified atom stereocenters. The van der Waals surface area contributed by atoms with Gasteiger partial charge >= 0.3 is 0 Å². The van der Waals surface area contributed by atoms with E-state index in [2.05, 4.69) is 6.92 Å². The summed E-state index contributed by atoms with van der Waals surface area (Å²) in [5, 5.41) is 9.41. The molecule has 0 aliphatic heterocycles. The van der Waals surface area contributed by atoms with Gasteiger partial charge < -0.3 is 5.11 Å². The monoisotopic (exact) mass is 156 g/mol. The lowest BCUT2D eigenvalue weighted by molar-refractivity contribution is 0.491. The van der Waals surface area contributed by atoms with E-state index in [1.165, 1.54) is 29.1 Å². The fourth-order valence-electron chi connectivity index (χ4n) is 0.852. The zero-order valence-electron chi connectivity index (χ0n) is 6.13. The van der Waals surface area contributed by atoms with Gasteiger partial charge in [-0.1, -0.05) is 13.3 Å². The molecule has 0 aromatic carbocycles. The fraction of sp³-hybridized carbons (Fsp3) is 0.500. The first kappa shape index (κ1) is 7.61. The lowest BCUT2D eigenvalue weighted by Gasteiger charge is -1.90. The summed E-state index contributed by atoms with van der Waals surface area (Å²) >= 11 is 1.48. The quantitative estimate of drug-likeness (QED) is 0.713. The van der Waals surface area contributed by atoms with Crippen LogP contribution in [0.1, 0.15) is 24.6 Å². The molecule has 1 N–H and O–H groups in total. The molecule has 0 aliphatic rings. The minimum atomic E-state index is 0.436. The predicted molar refractivity (Wildman–Crippen MR) is 44.6 cm³/mol. The predicted octanol–water partition coefficient (Wildman–Crippen LogP) is 2.80. The first-order valence-corrected chi connectivity index (χ1v) is 4.42. The van der Waals surface area contributed by atoms with Gasteiger partial charge in [0.1, 0.15) is 0 Å². The van der Waals surface area contributed by atoms with Crippen LogP contribution in [0.25, 0.3) is 0 Å². The van der Waals surface area contributed by atoms with Gasteiger partial charge in [0.05, 0.1) is 0 Å². The van der Waals surface area contributed by atoms with Crippen molar-refractivity contribution in [3.05, 3.63) is 17.0 Å². The molecule has 0 saturated carbocycles. The Labute approximate surface area is 65.3 Å². The number of hydrogen-bond donors (Lipinski definition) is 1. The maximum Gasteiger partial charge on any atom is 0.171 e. The van der Waals surface area contributed by atoms with E-state index in [-0.39, 0.29) is 0 Å². The van der Waals surface area contributed by atoms with Crippen molar-refractivity contribution in [2.24, 2.45) is 0 Å². The Morgan fingerprint density at radius 2 is 2.30 bits per heavy atom. The van der Waals surface area contributed by atoms with Gasteiger partial charge in [-0.3, -0.25) is 0 Å². The highest BCUT2D eigenvalue weighted by molar-refractivity contribution is 7.13. The second-order valence-electron chi connectivity index (χ2n) is 2.34. The molecule has 0 atom stereocenters. The highest BCUT2D eigenvalue weighted by Gasteiger charge is 1.95. The van der Waals surface area contributed by atoms with Gasteiger partial charge in [0.2, 0.25) is 0 Å². The van der Waals surface area contributed by atoms with Gasteiger partial charge in [-0.15, -0.1) is 11.3 Å². The fourth-order valence-corrected chi connectivity index (χ4v) is 1.64. The zero-order valence-corrected chi connectivity index (χ0v) is 6.95. The number of rotatable bonds is 3. The summed E-state index contributed by atoms with van der Waals surface area (Å²) in [5.41, 5.74) is 0. The molecule has 1 rings (SSSR count). The second kappa shape index (κ2) is 3.62. The standard InChI is InChI=1S/C8H12OS/c1-2-3-4-7-5-6-8(9)10-7/h5-6,9H,2-4H2,1H3. The Kier molecular flexibility index (Phi) is 2.75. The number of hydrogen-bond acceptors (Lipinski definition) is 2. The third-order valence-corrected chi connectivity index (χ3v) is 2.37. The van der Waals surface area contributed by atoms with Crippen LogP contribution in [0.3, 0.4) is 0 Å². The van der Waals surface area contributed by atoms with Crippen molar-refractivity contribution in [2.75, 3.05) is 0 Å². The zero-order chi connectivity index (χ0) is 7.40. The van der Waals surface area contributed by atoms with Crippen molar-refractivity contribution < 1.29 is 5.11 Å². The van der Waals surface area contributed by atoms with Gasteiger partial charge in [0, 0.05) is 4.88 Å². The van der Waals surface area contributed by atoms with Gasteiger partial charge in [0.15, 0.2) is 5.06 Å². The molecule has 1 heterocycles. The Hall–Kier alpha value is -0.500. The van der Waals surface area contributed by atoms with E-state index in [4.69, 9.17) is 5.11 Å². The van der Waals surface area contributed by atoms with E-state index in [1.54, 1.807) is 6.07 Å². The third kappa shape index (κ3) is 2.03. The molecule has 1 aromatic rings. The molecule has 2 heteroatoms. The minimum Gasteiger partial charge on any atom is -0.499 e. The molecule has 0 saturated heterocycles.